The zero-order valence-corrected chi connectivity index (χ0v) is 12.2. The van der Waals surface area contributed by atoms with E-state index in [0.717, 1.165) is 0 Å². The van der Waals surface area contributed by atoms with Crippen molar-refractivity contribution in [2.75, 3.05) is 31.7 Å². The van der Waals surface area contributed by atoms with Crippen molar-refractivity contribution >= 4 is 17.5 Å². The molecule has 1 unspecified atom stereocenters. The smallest absolute Gasteiger partial charge is 0.336 e. The summed E-state index contributed by atoms with van der Waals surface area (Å²) in [4.78, 5) is 24.2. The molecule has 1 aliphatic heterocycles. The molecule has 1 fully saturated rings. The Morgan fingerprint density at radius 2 is 2.33 bits per heavy atom. The molecule has 0 amide bonds. The predicted octanol–water partition coefficient (Wildman–Crippen LogP) is 0.498. The summed E-state index contributed by atoms with van der Waals surface area (Å²) in [6.07, 6.45) is -0.746. The van der Waals surface area contributed by atoms with E-state index in [1.807, 2.05) is 6.92 Å². The average Bonchev–Trinajstić information content (AvgIpc) is 2.83. The Morgan fingerprint density at radius 3 is 2.90 bits per heavy atom. The third-order valence-electron chi connectivity index (χ3n) is 3.38. The van der Waals surface area contributed by atoms with Crippen LogP contribution in [0.15, 0.2) is 0 Å². The summed E-state index contributed by atoms with van der Waals surface area (Å²) >= 11 is 0. The van der Waals surface area contributed by atoms with Gasteiger partial charge in [-0.3, -0.25) is 10.1 Å². The molecule has 0 bridgehead atoms. The van der Waals surface area contributed by atoms with E-state index in [4.69, 9.17) is 4.74 Å². The first-order valence-electron chi connectivity index (χ1n) is 6.65. The molecule has 0 saturated carbocycles. The molecule has 1 saturated heterocycles. The van der Waals surface area contributed by atoms with Gasteiger partial charge in [-0.15, -0.1) is 0 Å². The van der Waals surface area contributed by atoms with Crippen LogP contribution in [0.2, 0.25) is 0 Å². The lowest BCUT2D eigenvalue weighted by atomic mass is 10.2. The Bertz CT molecular complexity index is 556. The van der Waals surface area contributed by atoms with Crippen molar-refractivity contribution in [3.05, 3.63) is 15.8 Å². The van der Waals surface area contributed by atoms with Gasteiger partial charge in [-0.1, -0.05) is 0 Å². The van der Waals surface area contributed by atoms with E-state index < -0.39 is 17.0 Å². The molecule has 21 heavy (non-hydrogen) atoms. The molecule has 0 aromatic carbocycles. The van der Waals surface area contributed by atoms with Gasteiger partial charge in [0.05, 0.1) is 25.2 Å². The maximum atomic E-state index is 11.6. The van der Waals surface area contributed by atoms with Crippen LogP contribution in [0, 0.1) is 17.0 Å². The molecule has 2 rings (SSSR count). The Kier molecular flexibility index (Phi) is 4.41. The standard InChI is InChI=1S/C12H18N4O5/c1-4-15-11(10(16(18)19)8(2)13-15)14-5-6-21-9(7-14)12(17)20-3/h9H,4-7H2,1-3H3. The fraction of sp³-hybridized carbons (Fsp3) is 0.667. The molecule has 9 heteroatoms. The highest BCUT2D eigenvalue weighted by molar-refractivity contribution is 5.76. The van der Waals surface area contributed by atoms with Gasteiger partial charge in [0.1, 0.15) is 5.69 Å². The van der Waals surface area contributed by atoms with Crippen LogP contribution in [0.1, 0.15) is 12.6 Å². The van der Waals surface area contributed by atoms with Gasteiger partial charge < -0.3 is 14.4 Å². The van der Waals surface area contributed by atoms with E-state index in [1.54, 1.807) is 16.5 Å². The monoisotopic (exact) mass is 298 g/mol. The van der Waals surface area contributed by atoms with Gasteiger partial charge >= 0.3 is 11.7 Å². The van der Waals surface area contributed by atoms with Crippen molar-refractivity contribution in [2.45, 2.75) is 26.5 Å². The molecule has 0 radical (unpaired) electrons. The molecule has 116 valence electrons. The van der Waals surface area contributed by atoms with E-state index in [2.05, 4.69) is 9.84 Å². The number of morpholine rings is 1. The molecule has 1 aromatic rings. The molecule has 2 heterocycles. The van der Waals surface area contributed by atoms with Crippen LogP contribution in [-0.2, 0) is 20.8 Å². The fourth-order valence-corrected chi connectivity index (χ4v) is 2.42. The lowest BCUT2D eigenvalue weighted by Crippen LogP contribution is -2.47. The van der Waals surface area contributed by atoms with E-state index in [0.29, 0.717) is 31.2 Å². The molecule has 0 N–H and O–H groups in total. The van der Waals surface area contributed by atoms with Crippen molar-refractivity contribution in [2.24, 2.45) is 0 Å². The zero-order valence-electron chi connectivity index (χ0n) is 12.2. The van der Waals surface area contributed by atoms with Crippen LogP contribution in [0.5, 0.6) is 0 Å². The number of hydrogen-bond donors (Lipinski definition) is 0. The summed E-state index contributed by atoms with van der Waals surface area (Å²) in [5.41, 5.74) is 0.334. The van der Waals surface area contributed by atoms with Crippen LogP contribution in [0.4, 0.5) is 11.5 Å². The van der Waals surface area contributed by atoms with Crippen molar-refractivity contribution in [1.82, 2.24) is 9.78 Å². The first-order chi connectivity index (χ1) is 9.99. The van der Waals surface area contributed by atoms with E-state index in [9.17, 15) is 14.9 Å². The van der Waals surface area contributed by atoms with Crippen molar-refractivity contribution < 1.29 is 19.2 Å². The number of ether oxygens (including phenoxy) is 2. The quantitative estimate of drug-likeness (QED) is 0.453. The minimum Gasteiger partial charge on any atom is -0.467 e. The number of esters is 1. The highest BCUT2D eigenvalue weighted by Crippen LogP contribution is 2.32. The normalized spacial score (nSPS) is 18.6. The summed E-state index contributed by atoms with van der Waals surface area (Å²) < 4.78 is 11.6. The Labute approximate surface area is 121 Å². The summed E-state index contributed by atoms with van der Waals surface area (Å²) in [7, 11) is 1.29. The summed E-state index contributed by atoms with van der Waals surface area (Å²) in [5, 5.41) is 15.5. The number of carbonyl (C=O) groups excluding carboxylic acids is 1. The van der Waals surface area contributed by atoms with Crippen molar-refractivity contribution in [3.8, 4) is 0 Å². The number of hydrogen-bond acceptors (Lipinski definition) is 7. The lowest BCUT2D eigenvalue weighted by Gasteiger charge is -2.32. The first kappa shape index (κ1) is 15.2. The Hall–Kier alpha value is -2.16. The SMILES string of the molecule is CCn1nc(C)c([N+](=O)[O-])c1N1CCOC(C(=O)OC)C1. The molecule has 0 aliphatic carbocycles. The molecule has 1 aliphatic rings. The molecule has 0 spiro atoms. The second kappa shape index (κ2) is 6.08. The van der Waals surface area contributed by atoms with Gasteiger partial charge in [-0.25, -0.2) is 9.48 Å². The summed E-state index contributed by atoms with van der Waals surface area (Å²) in [6, 6.07) is 0. The number of aromatic nitrogens is 2. The van der Waals surface area contributed by atoms with Crippen LogP contribution in [0.25, 0.3) is 0 Å². The number of aryl methyl sites for hydroxylation is 2. The molecular formula is C12H18N4O5. The summed E-state index contributed by atoms with van der Waals surface area (Å²) in [6.45, 7) is 4.93. The highest BCUT2D eigenvalue weighted by Gasteiger charge is 2.34. The molecular weight excluding hydrogens is 280 g/mol. The second-order valence-electron chi connectivity index (χ2n) is 4.66. The number of rotatable bonds is 4. The van der Waals surface area contributed by atoms with E-state index in [-0.39, 0.29) is 12.2 Å². The van der Waals surface area contributed by atoms with Crippen LogP contribution < -0.4 is 4.90 Å². The minimum atomic E-state index is -0.746. The fourth-order valence-electron chi connectivity index (χ4n) is 2.42. The van der Waals surface area contributed by atoms with Crippen molar-refractivity contribution in [3.63, 3.8) is 0 Å². The van der Waals surface area contributed by atoms with Gasteiger partial charge in [0.2, 0.25) is 5.82 Å². The zero-order chi connectivity index (χ0) is 15.6. The topological polar surface area (TPSA) is 99.7 Å². The number of carbonyl (C=O) groups is 1. The minimum absolute atomic E-state index is 0.0256. The third-order valence-corrected chi connectivity index (χ3v) is 3.38. The van der Waals surface area contributed by atoms with Gasteiger partial charge in [0.15, 0.2) is 6.10 Å². The predicted molar refractivity (Wildman–Crippen MR) is 73.3 cm³/mol. The average molecular weight is 298 g/mol. The highest BCUT2D eigenvalue weighted by atomic mass is 16.6. The van der Waals surface area contributed by atoms with Gasteiger partial charge in [-0.05, 0) is 13.8 Å². The lowest BCUT2D eigenvalue weighted by molar-refractivity contribution is -0.384. The maximum Gasteiger partial charge on any atom is 0.336 e. The molecule has 1 atom stereocenters. The van der Waals surface area contributed by atoms with Crippen molar-refractivity contribution in [1.29, 1.82) is 0 Å². The molecule has 1 aromatic heterocycles. The van der Waals surface area contributed by atoms with Gasteiger partial charge in [-0.2, -0.15) is 5.10 Å². The second-order valence-corrected chi connectivity index (χ2v) is 4.66. The number of nitrogens with zero attached hydrogens (tertiary/aromatic N) is 4. The Morgan fingerprint density at radius 1 is 1.62 bits per heavy atom. The molecule has 9 nitrogen and oxygen atoms in total. The third kappa shape index (κ3) is 2.82. The number of nitro groups is 1. The number of methoxy groups -OCH3 is 1. The number of anilines is 1. The van der Waals surface area contributed by atoms with E-state index >= 15 is 0 Å². The maximum absolute atomic E-state index is 11.6. The Balaban J connectivity index is 2.36. The van der Waals surface area contributed by atoms with Gasteiger partial charge in [0.25, 0.3) is 0 Å². The largest absolute Gasteiger partial charge is 0.467 e. The van der Waals surface area contributed by atoms with Gasteiger partial charge in [0, 0.05) is 13.1 Å². The van der Waals surface area contributed by atoms with Crippen LogP contribution >= 0.6 is 0 Å². The van der Waals surface area contributed by atoms with Crippen LogP contribution in [0.3, 0.4) is 0 Å². The van der Waals surface area contributed by atoms with Crippen LogP contribution in [-0.4, -0.2) is 53.6 Å². The first-order valence-corrected chi connectivity index (χ1v) is 6.65. The van der Waals surface area contributed by atoms with E-state index in [1.165, 1.54) is 7.11 Å². The summed E-state index contributed by atoms with van der Waals surface area (Å²) in [5.74, 6) is -0.0705.